The molecule has 2 N–H and O–H groups in total. The third-order valence-electron chi connectivity index (χ3n) is 15.9. The number of nitrogens with one attached hydrogen (secondary N) is 2. The van der Waals surface area contributed by atoms with Gasteiger partial charge in [0.05, 0.1) is 44.8 Å². The molecule has 0 fully saturated rings. The van der Waals surface area contributed by atoms with Crippen LogP contribution in [0.1, 0.15) is 181 Å². The smallest absolute Gasteiger partial charge is 0.0772 e. The van der Waals surface area contributed by atoms with Crippen LogP contribution in [-0.2, 0) is 25.7 Å². The van der Waals surface area contributed by atoms with E-state index in [2.05, 4.69) is 242 Å². The second-order valence-corrected chi connectivity index (χ2v) is 26.9. The number of allylic oxidation sites excluding steroid dienone is 4. The van der Waals surface area contributed by atoms with Crippen LogP contribution in [0.5, 0.6) is 0 Å². The lowest BCUT2D eigenvalue weighted by Gasteiger charge is -2.17. The molecule has 80 heavy (non-hydrogen) atoms. The van der Waals surface area contributed by atoms with Gasteiger partial charge >= 0.3 is 0 Å². The lowest BCUT2D eigenvalue weighted by molar-refractivity contribution is 0.622. The van der Waals surface area contributed by atoms with Crippen LogP contribution in [0.3, 0.4) is 0 Å². The number of rotatable bonds is 20. The Morgan fingerprint density at radius 3 is 0.588 bits per heavy atom. The predicted octanol–water partition coefficient (Wildman–Crippen LogP) is 21.8. The van der Waals surface area contributed by atoms with Gasteiger partial charge in [-0.25, -0.2) is 9.97 Å². The van der Waals surface area contributed by atoms with E-state index in [9.17, 15) is 0 Å². The average Bonchev–Trinajstić information content (AvgIpc) is 4.33. The zero-order valence-corrected chi connectivity index (χ0v) is 51.7. The van der Waals surface area contributed by atoms with Crippen LogP contribution in [0.25, 0.3) is 88.9 Å². The summed E-state index contributed by atoms with van der Waals surface area (Å²) in [6.07, 6.45) is 7.32. The van der Waals surface area contributed by atoms with Crippen LogP contribution in [0.15, 0.2) is 121 Å². The Labute approximate surface area is 482 Å². The van der Waals surface area contributed by atoms with Crippen molar-refractivity contribution in [1.29, 1.82) is 0 Å². The highest BCUT2D eigenvalue weighted by atomic mass is 14.8. The van der Waals surface area contributed by atoms with E-state index in [1.807, 2.05) is 0 Å². The predicted molar refractivity (Wildman–Crippen MR) is 348 cm³/mol. The molecule has 8 bridgehead atoms. The molecule has 2 aliphatic heterocycles. The number of hydrogen-bond donors (Lipinski definition) is 2. The first-order valence-corrected chi connectivity index (χ1v) is 30.9. The minimum atomic E-state index is 0.387. The van der Waals surface area contributed by atoms with E-state index < -0.39 is 0 Å². The fraction of sp³-hybridized carbons (Fsp3) is 0.421. The van der Waals surface area contributed by atoms with Crippen molar-refractivity contribution >= 4 is 44.4 Å². The van der Waals surface area contributed by atoms with Gasteiger partial charge in [-0.1, -0.05) is 232 Å². The summed E-state index contributed by atoms with van der Waals surface area (Å²) in [6, 6.07) is 45.2. The molecule has 0 radical (unpaired) electrons. The Hall–Kier alpha value is -6.52. The summed E-state index contributed by atoms with van der Waals surface area (Å²) in [5.74, 6) is 3.12. The summed E-state index contributed by atoms with van der Waals surface area (Å²) < 4.78 is 0. The molecule has 0 aliphatic carbocycles. The van der Waals surface area contributed by atoms with Gasteiger partial charge in [-0.05, 0) is 166 Å². The van der Waals surface area contributed by atoms with Crippen molar-refractivity contribution in [3.63, 3.8) is 0 Å². The Morgan fingerprint density at radius 2 is 0.425 bits per heavy atom. The maximum absolute atomic E-state index is 6.37. The highest BCUT2D eigenvalue weighted by Crippen LogP contribution is 2.52. The van der Waals surface area contributed by atoms with E-state index in [0.29, 0.717) is 47.3 Å². The number of hydrogen-bond acceptors (Lipinski definition) is 2. The molecule has 3 aromatic heterocycles. The van der Waals surface area contributed by atoms with E-state index in [-0.39, 0.29) is 0 Å². The third-order valence-corrected chi connectivity index (χ3v) is 15.9. The fourth-order valence-corrected chi connectivity index (χ4v) is 13.0. The van der Waals surface area contributed by atoms with Crippen LogP contribution in [-0.4, -0.2) is 19.9 Å². The molecule has 5 heterocycles. The van der Waals surface area contributed by atoms with E-state index >= 15 is 0 Å². The molecule has 4 nitrogen and oxygen atoms in total. The molecule has 4 heteroatoms. The van der Waals surface area contributed by atoms with Gasteiger partial charge in [-0.3, -0.25) is 0 Å². The molecular weight excluding hydrogens is 969 g/mol. The van der Waals surface area contributed by atoms with Gasteiger partial charge in [0, 0.05) is 22.3 Å². The van der Waals surface area contributed by atoms with Crippen LogP contribution < -0.4 is 0 Å². The fourth-order valence-electron chi connectivity index (χ4n) is 13.0. The Balaban J connectivity index is 1.77. The maximum Gasteiger partial charge on any atom is 0.0772 e. The Bertz CT molecular complexity index is 3060. The molecule has 0 atom stereocenters. The van der Waals surface area contributed by atoms with Gasteiger partial charge in [-0.2, -0.15) is 0 Å². The van der Waals surface area contributed by atoms with Gasteiger partial charge in [0.15, 0.2) is 0 Å². The average molecular weight is 1060 g/mol. The van der Waals surface area contributed by atoms with Gasteiger partial charge in [0.2, 0.25) is 0 Å². The molecule has 7 aromatic rings. The van der Waals surface area contributed by atoms with Crippen molar-refractivity contribution in [3.8, 4) is 44.5 Å². The minimum Gasteiger partial charge on any atom is -0.354 e. The van der Waals surface area contributed by atoms with Crippen LogP contribution in [0.2, 0.25) is 0 Å². The van der Waals surface area contributed by atoms with Crippen molar-refractivity contribution in [2.75, 3.05) is 0 Å². The summed E-state index contributed by atoms with van der Waals surface area (Å²) in [5.41, 5.74) is 29.9. The van der Waals surface area contributed by atoms with Gasteiger partial charge in [0.25, 0.3) is 0 Å². The number of aromatic nitrogens is 4. The maximum atomic E-state index is 6.37. The molecule has 0 saturated carbocycles. The summed E-state index contributed by atoms with van der Waals surface area (Å²) in [7, 11) is 0. The molecule has 2 aliphatic rings. The van der Waals surface area contributed by atoms with Crippen molar-refractivity contribution in [3.05, 3.63) is 166 Å². The normalized spacial score (nSPS) is 13.2. The monoisotopic (exact) mass is 1060 g/mol. The topological polar surface area (TPSA) is 57.4 Å². The SMILES string of the molecule is CC(C)CC1=C(CC(C)C)c2nc1c(-c1ccccc1)c1[nH]c(c(CC(C)C)c1CC(C)C)c(-c1ccccc1)c1nc(c(-c3ccccc3)c3[nH]c(c(CC(C)C)c3CC(C)C)c2-c2ccccc2)C(CC(C)C)=C1CC(C)C. The minimum absolute atomic E-state index is 0.387. The molecular formula is C76H94N4. The molecule has 0 spiro atoms. The summed E-state index contributed by atoms with van der Waals surface area (Å²) in [5, 5.41) is 0. The third kappa shape index (κ3) is 12.4. The lowest BCUT2D eigenvalue weighted by Crippen LogP contribution is -2.03. The molecule has 0 amide bonds. The first-order chi connectivity index (χ1) is 38.3. The quantitative estimate of drug-likeness (QED) is 0.0799. The summed E-state index contributed by atoms with van der Waals surface area (Å²) in [4.78, 5) is 21.7. The molecule has 418 valence electrons. The Morgan fingerprint density at radius 1 is 0.250 bits per heavy atom. The van der Waals surface area contributed by atoms with Gasteiger partial charge in [-0.15, -0.1) is 0 Å². The van der Waals surface area contributed by atoms with Gasteiger partial charge < -0.3 is 9.97 Å². The second-order valence-electron chi connectivity index (χ2n) is 26.9. The number of aromatic amines is 2. The zero-order valence-electron chi connectivity index (χ0n) is 51.7. The highest BCUT2D eigenvalue weighted by molar-refractivity contribution is 6.09. The highest BCUT2D eigenvalue weighted by Gasteiger charge is 2.34. The van der Waals surface area contributed by atoms with Crippen LogP contribution in [0, 0.1) is 47.3 Å². The number of H-pyrrole nitrogens is 2. The van der Waals surface area contributed by atoms with Crippen LogP contribution in [0.4, 0.5) is 0 Å². The largest absolute Gasteiger partial charge is 0.354 e. The van der Waals surface area contributed by atoms with Gasteiger partial charge in [0.1, 0.15) is 0 Å². The standard InChI is InChI=1S/C76H94N4/c1-45(2)37-57-58(38-46(3)4)70-66(54-31-23-18-24-32-54)72-61(41-49(9)10)62(42-50(11)12)74(79-72)68(56-35-27-20-28-36-56)76-64(44-52(15)16)63(43-51(13)14)75(80-76)67(55-33-25-19-26-34-55)73-60(40-48(7)8)59(39-47(5)6)71(78-73)65(69(57)77-70)53-29-21-17-22-30-53/h17-36,45-52,77,80H,37-44H2,1-16H3. The first-order valence-electron chi connectivity index (χ1n) is 30.9. The van der Waals surface area contributed by atoms with E-state index in [1.165, 1.54) is 111 Å². The van der Waals surface area contributed by atoms with E-state index in [1.54, 1.807) is 0 Å². The summed E-state index contributed by atoms with van der Waals surface area (Å²) >= 11 is 0. The number of benzene rings is 4. The molecule has 4 aromatic carbocycles. The first kappa shape index (κ1) is 58.1. The van der Waals surface area contributed by atoms with Crippen LogP contribution >= 0.6 is 0 Å². The van der Waals surface area contributed by atoms with E-state index in [4.69, 9.17) is 9.97 Å². The molecule has 0 saturated heterocycles. The lowest BCUT2D eigenvalue weighted by atomic mass is 9.84. The molecule has 9 rings (SSSR count). The zero-order chi connectivity index (χ0) is 57.1. The van der Waals surface area contributed by atoms with Crippen molar-refractivity contribution in [2.24, 2.45) is 47.3 Å². The number of nitrogens with zero attached hydrogens (tertiary/aromatic N) is 2. The van der Waals surface area contributed by atoms with Crippen molar-refractivity contribution < 1.29 is 0 Å². The summed E-state index contributed by atoms with van der Waals surface area (Å²) in [6.45, 7) is 38.4. The number of fused-ring (bicyclic) bond motifs is 8. The van der Waals surface area contributed by atoms with Crippen molar-refractivity contribution in [1.82, 2.24) is 19.9 Å². The molecule has 0 unspecified atom stereocenters. The second kappa shape index (κ2) is 25.1. The van der Waals surface area contributed by atoms with E-state index in [0.717, 1.165) is 74.1 Å². The Kier molecular flexibility index (Phi) is 18.2. The van der Waals surface area contributed by atoms with Crippen molar-refractivity contribution in [2.45, 2.75) is 162 Å².